The zero-order valence-corrected chi connectivity index (χ0v) is 26.6. The molecule has 0 aromatic carbocycles. The standard InChI is InChI=1S/C35H62N2O3/c1-6-25(36-33(39)37-26-11-8-7-9-12-26)16-19-34(4)18-10-13-27-28(34)17-20-35(5)29(27)21-31-32(35)24(3)30(40-31)15-14-23(2)22-38/h23-32,38H,6-22H2,1-5H3,(H2,36,37,39)/t23-,24+,25-,27+,28-,29-,30?,31-,32-,34+,35-/m0/s1. The Labute approximate surface area is 245 Å². The van der Waals surface area contributed by atoms with Crippen LogP contribution in [-0.4, -0.2) is 42.0 Å². The summed E-state index contributed by atoms with van der Waals surface area (Å²) in [4.78, 5) is 12.8. The number of amides is 2. The Morgan fingerprint density at radius 3 is 2.52 bits per heavy atom. The number of fused-ring (bicyclic) bond motifs is 5. The van der Waals surface area contributed by atoms with Crippen molar-refractivity contribution in [3.8, 4) is 0 Å². The number of carbonyl (C=O) groups is 1. The van der Waals surface area contributed by atoms with Crippen molar-refractivity contribution in [2.24, 2.45) is 46.3 Å². The molecule has 4 saturated carbocycles. The van der Waals surface area contributed by atoms with E-state index in [1.807, 2.05) is 0 Å². The molecule has 5 aliphatic rings. The molecule has 1 unspecified atom stereocenters. The van der Waals surface area contributed by atoms with Crippen LogP contribution in [0.3, 0.4) is 0 Å². The minimum Gasteiger partial charge on any atom is -0.396 e. The second kappa shape index (κ2) is 12.8. The first-order valence-electron chi connectivity index (χ1n) is 17.5. The monoisotopic (exact) mass is 558 g/mol. The molecule has 5 rings (SSSR count). The van der Waals surface area contributed by atoms with Gasteiger partial charge in [0.2, 0.25) is 0 Å². The number of aliphatic hydroxyl groups is 1. The number of carbonyl (C=O) groups excluding carboxylic acids is 1. The summed E-state index contributed by atoms with van der Waals surface area (Å²) in [6, 6.07) is 0.714. The molecule has 5 heteroatoms. The smallest absolute Gasteiger partial charge is 0.315 e. The lowest BCUT2D eigenvalue weighted by molar-refractivity contribution is -0.0799. The summed E-state index contributed by atoms with van der Waals surface area (Å²) >= 11 is 0. The van der Waals surface area contributed by atoms with Crippen LogP contribution in [0.1, 0.15) is 137 Å². The lowest BCUT2D eigenvalue weighted by Gasteiger charge is -2.57. The van der Waals surface area contributed by atoms with Crippen LogP contribution in [0.5, 0.6) is 0 Å². The van der Waals surface area contributed by atoms with Gasteiger partial charge in [0.1, 0.15) is 0 Å². The van der Waals surface area contributed by atoms with Crippen molar-refractivity contribution in [2.75, 3.05) is 6.61 Å². The molecule has 1 heterocycles. The Morgan fingerprint density at radius 2 is 1.80 bits per heavy atom. The molecule has 0 aromatic heterocycles. The fraction of sp³-hybridized carbons (Fsp3) is 0.971. The maximum atomic E-state index is 12.8. The van der Waals surface area contributed by atoms with E-state index < -0.39 is 0 Å². The Balaban J connectivity index is 1.18. The summed E-state index contributed by atoms with van der Waals surface area (Å²) < 4.78 is 6.84. The molecule has 4 aliphatic carbocycles. The third kappa shape index (κ3) is 6.12. The van der Waals surface area contributed by atoms with Gasteiger partial charge in [-0.15, -0.1) is 0 Å². The number of ether oxygens (including phenoxy) is 1. The number of nitrogens with one attached hydrogen (secondary N) is 2. The second-order valence-corrected chi connectivity index (χ2v) is 15.8. The third-order valence-corrected chi connectivity index (χ3v) is 13.3. The Bertz CT molecular complexity index is 844. The normalized spacial score (nSPS) is 42.9. The minimum absolute atomic E-state index is 0.0644. The minimum atomic E-state index is 0.0644. The molecule has 40 heavy (non-hydrogen) atoms. The van der Waals surface area contributed by atoms with Crippen molar-refractivity contribution >= 4 is 6.03 Å². The van der Waals surface area contributed by atoms with Crippen LogP contribution in [0, 0.1) is 46.3 Å². The van der Waals surface area contributed by atoms with E-state index in [1.54, 1.807) is 0 Å². The van der Waals surface area contributed by atoms with Crippen molar-refractivity contribution in [3.05, 3.63) is 0 Å². The van der Waals surface area contributed by atoms with Crippen LogP contribution in [0.25, 0.3) is 0 Å². The molecular weight excluding hydrogens is 496 g/mol. The lowest BCUT2D eigenvalue weighted by Crippen LogP contribution is -2.50. The lowest BCUT2D eigenvalue weighted by atomic mass is 9.48. The van der Waals surface area contributed by atoms with E-state index in [1.165, 1.54) is 64.2 Å². The first-order chi connectivity index (χ1) is 19.2. The molecule has 11 atom stereocenters. The van der Waals surface area contributed by atoms with E-state index in [9.17, 15) is 9.90 Å². The molecule has 0 radical (unpaired) electrons. The largest absolute Gasteiger partial charge is 0.396 e. The molecule has 0 aromatic rings. The molecule has 5 nitrogen and oxygen atoms in total. The Kier molecular flexibility index (Phi) is 9.82. The number of hydrogen-bond acceptors (Lipinski definition) is 3. The number of aliphatic hydroxyl groups excluding tert-OH is 1. The molecule has 0 bridgehead atoms. The van der Waals surface area contributed by atoms with Gasteiger partial charge in [-0.3, -0.25) is 0 Å². The molecule has 5 fully saturated rings. The van der Waals surface area contributed by atoms with Crippen molar-refractivity contribution < 1.29 is 14.6 Å². The van der Waals surface area contributed by atoms with Crippen molar-refractivity contribution in [3.63, 3.8) is 0 Å². The van der Waals surface area contributed by atoms with E-state index >= 15 is 0 Å². The zero-order chi connectivity index (χ0) is 28.5. The summed E-state index contributed by atoms with van der Waals surface area (Å²) in [6.07, 6.45) is 20.6. The summed E-state index contributed by atoms with van der Waals surface area (Å²) in [6.45, 7) is 12.4. The number of rotatable bonds is 10. The van der Waals surface area contributed by atoms with Crippen LogP contribution in [0.15, 0.2) is 0 Å². The predicted molar refractivity (Wildman–Crippen MR) is 163 cm³/mol. The molecule has 1 aliphatic heterocycles. The van der Waals surface area contributed by atoms with Crippen molar-refractivity contribution in [1.29, 1.82) is 0 Å². The molecule has 0 spiro atoms. The highest BCUT2D eigenvalue weighted by Crippen LogP contribution is 2.68. The van der Waals surface area contributed by atoms with Gasteiger partial charge in [0.05, 0.1) is 12.2 Å². The molecule has 2 amide bonds. The highest BCUT2D eigenvalue weighted by molar-refractivity contribution is 5.74. The highest BCUT2D eigenvalue weighted by atomic mass is 16.5. The number of urea groups is 1. The van der Waals surface area contributed by atoms with Gasteiger partial charge in [0.25, 0.3) is 0 Å². The third-order valence-electron chi connectivity index (χ3n) is 13.3. The van der Waals surface area contributed by atoms with E-state index in [0.717, 1.165) is 56.3 Å². The Hall–Kier alpha value is -0.810. The van der Waals surface area contributed by atoms with Gasteiger partial charge in [-0.1, -0.05) is 60.3 Å². The SMILES string of the molecule is CC[C@@H](CC[C@@]1(C)CCC[C@@H]2[C@@H]1CC[C@]1(C)[C@@H]3[C@H](C[C@@H]21)OC(CC[C@H](C)CO)[C@H]3C)NC(=O)NC1CCCCC1. The summed E-state index contributed by atoms with van der Waals surface area (Å²) in [5, 5.41) is 16.1. The van der Waals surface area contributed by atoms with Gasteiger partial charge in [0.15, 0.2) is 0 Å². The first-order valence-corrected chi connectivity index (χ1v) is 17.5. The van der Waals surface area contributed by atoms with Gasteiger partial charge in [-0.2, -0.15) is 0 Å². The maximum Gasteiger partial charge on any atom is 0.315 e. The van der Waals surface area contributed by atoms with Crippen LogP contribution in [-0.2, 0) is 4.74 Å². The van der Waals surface area contributed by atoms with Gasteiger partial charge in [0, 0.05) is 18.7 Å². The number of hydrogen-bond donors (Lipinski definition) is 3. The predicted octanol–water partition coefficient (Wildman–Crippen LogP) is 7.85. The van der Waals surface area contributed by atoms with Crippen molar-refractivity contribution in [1.82, 2.24) is 10.6 Å². The molecule has 230 valence electrons. The first kappa shape index (κ1) is 30.6. The van der Waals surface area contributed by atoms with Gasteiger partial charge in [-0.05, 0) is 123 Å². The summed E-state index contributed by atoms with van der Waals surface area (Å²) in [7, 11) is 0. The summed E-state index contributed by atoms with van der Waals surface area (Å²) in [5.41, 5.74) is 0.817. The fourth-order valence-corrected chi connectivity index (χ4v) is 10.9. The van der Waals surface area contributed by atoms with E-state index in [-0.39, 0.29) is 18.7 Å². The molecule has 1 saturated heterocycles. The average molecular weight is 559 g/mol. The molecule has 3 N–H and O–H groups in total. The quantitative estimate of drug-likeness (QED) is 0.256. The molecular formula is C35H62N2O3. The second-order valence-electron chi connectivity index (χ2n) is 15.8. The van der Waals surface area contributed by atoms with Gasteiger partial charge in [-0.25, -0.2) is 4.79 Å². The van der Waals surface area contributed by atoms with Crippen LogP contribution < -0.4 is 10.6 Å². The topological polar surface area (TPSA) is 70.6 Å². The fourth-order valence-electron chi connectivity index (χ4n) is 10.9. The summed E-state index contributed by atoms with van der Waals surface area (Å²) in [5.74, 6) is 4.19. The van der Waals surface area contributed by atoms with E-state index in [0.29, 0.717) is 46.8 Å². The van der Waals surface area contributed by atoms with Crippen LogP contribution in [0.2, 0.25) is 0 Å². The van der Waals surface area contributed by atoms with Gasteiger partial charge < -0.3 is 20.5 Å². The highest BCUT2D eigenvalue weighted by Gasteiger charge is 2.64. The Morgan fingerprint density at radius 1 is 1.02 bits per heavy atom. The average Bonchev–Trinajstić information content (AvgIpc) is 3.43. The van der Waals surface area contributed by atoms with Crippen molar-refractivity contribution in [2.45, 2.75) is 162 Å². The van der Waals surface area contributed by atoms with E-state index in [4.69, 9.17) is 4.74 Å². The van der Waals surface area contributed by atoms with Gasteiger partial charge >= 0.3 is 6.03 Å². The zero-order valence-electron chi connectivity index (χ0n) is 26.6. The maximum absolute atomic E-state index is 12.8. The van der Waals surface area contributed by atoms with E-state index in [2.05, 4.69) is 45.3 Å². The van der Waals surface area contributed by atoms with Crippen LogP contribution >= 0.6 is 0 Å². The van der Waals surface area contributed by atoms with Crippen LogP contribution in [0.4, 0.5) is 4.79 Å².